The van der Waals surface area contributed by atoms with Crippen molar-refractivity contribution >= 4 is 17.6 Å². The third-order valence-electron chi connectivity index (χ3n) is 2.28. The van der Waals surface area contributed by atoms with Crippen LogP contribution in [0.15, 0.2) is 30.9 Å². The molecule has 0 aliphatic carbocycles. The maximum absolute atomic E-state index is 13.8. The summed E-state index contributed by atoms with van der Waals surface area (Å²) in [6, 6.07) is 3.33. The van der Waals surface area contributed by atoms with Crippen LogP contribution in [0.5, 0.6) is 0 Å². The lowest BCUT2D eigenvalue weighted by Crippen LogP contribution is -2.31. The van der Waals surface area contributed by atoms with Gasteiger partial charge in [0.15, 0.2) is 0 Å². The van der Waals surface area contributed by atoms with Gasteiger partial charge in [0.25, 0.3) is 0 Å². The maximum Gasteiger partial charge on any atom is 0.327 e. The quantitative estimate of drug-likeness (QED) is 0.639. The highest BCUT2D eigenvalue weighted by Crippen LogP contribution is 2.26. The highest BCUT2D eigenvalue weighted by Gasteiger charge is 2.26. The minimum absolute atomic E-state index is 0.0967. The van der Waals surface area contributed by atoms with Crippen molar-refractivity contribution in [2.24, 2.45) is 0 Å². The van der Waals surface area contributed by atoms with Crippen LogP contribution < -0.4 is 5.32 Å². The summed E-state index contributed by atoms with van der Waals surface area (Å²) in [6.07, 6.45) is 1.57. The number of carbonyl (C=O) groups excluding carboxylic acids is 1. The topological polar surface area (TPSA) is 38.3 Å². The van der Waals surface area contributed by atoms with Crippen LogP contribution in [0.3, 0.4) is 0 Å². The van der Waals surface area contributed by atoms with Crippen LogP contribution in [0.1, 0.15) is 18.5 Å². The molecule has 1 aromatic rings. The van der Waals surface area contributed by atoms with Crippen molar-refractivity contribution in [3.05, 3.63) is 47.3 Å². The molecule has 1 unspecified atom stereocenters. The summed E-state index contributed by atoms with van der Waals surface area (Å²) in [5.74, 6) is -1.11. The molecule has 1 atom stereocenters. The van der Waals surface area contributed by atoms with E-state index in [0.717, 1.165) is 0 Å². The summed E-state index contributed by atoms with van der Waals surface area (Å²) >= 11 is 5.93. The minimum atomic E-state index is -0.934. The molecule has 1 rings (SSSR count). The van der Waals surface area contributed by atoms with E-state index in [-0.39, 0.29) is 17.2 Å². The molecule has 0 aliphatic heterocycles. The Balaban J connectivity index is 3.08. The van der Waals surface area contributed by atoms with Gasteiger partial charge in [-0.3, -0.25) is 5.32 Å². The van der Waals surface area contributed by atoms with Gasteiger partial charge in [-0.1, -0.05) is 23.7 Å². The van der Waals surface area contributed by atoms with E-state index in [1.807, 2.05) is 0 Å². The van der Waals surface area contributed by atoms with E-state index in [9.17, 15) is 9.18 Å². The van der Waals surface area contributed by atoms with Crippen molar-refractivity contribution in [3.8, 4) is 0 Å². The Morgan fingerprint density at radius 1 is 1.67 bits per heavy atom. The summed E-state index contributed by atoms with van der Waals surface area (Å²) in [5.41, 5.74) is 0.0967. The lowest BCUT2D eigenvalue weighted by atomic mass is 10.1. The fourth-order valence-electron chi connectivity index (χ4n) is 1.52. The number of ether oxygens (including phenoxy) is 1. The molecule has 1 aromatic carbocycles. The molecule has 18 heavy (non-hydrogen) atoms. The number of hydrogen-bond donors (Lipinski definition) is 1. The fraction of sp³-hybridized carbons (Fsp3) is 0.308. The first-order chi connectivity index (χ1) is 8.61. The number of rotatable bonds is 6. The Morgan fingerprint density at radius 3 is 2.94 bits per heavy atom. The summed E-state index contributed by atoms with van der Waals surface area (Å²) in [6.45, 7) is 5.78. The molecule has 0 radical (unpaired) electrons. The van der Waals surface area contributed by atoms with E-state index in [0.29, 0.717) is 6.54 Å². The van der Waals surface area contributed by atoms with Gasteiger partial charge in [-0.05, 0) is 19.1 Å². The Kier molecular flexibility index (Phi) is 5.82. The van der Waals surface area contributed by atoms with Gasteiger partial charge in [0.2, 0.25) is 0 Å². The van der Waals surface area contributed by atoms with Gasteiger partial charge in [0.1, 0.15) is 11.9 Å². The molecule has 5 heteroatoms. The first kappa shape index (κ1) is 14.7. The first-order valence-electron chi connectivity index (χ1n) is 5.56. The number of hydrogen-bond acceptors (Lipinski definition) is 3. The van der Waals surface area contributed by atoms with Crippen LogP contribution in [0.4, 0.5) is 4.39 Å². The summed E-state index contributed by atoms with van der Waals surface area (Å²) in [7, 11) is 0. The van der Waals surface area contributed by atoms with E-state index >= 15 is 0 Å². The lowest BCUT2D eigenvalue weighted by molar-refractivity contribution is -0.145. The average Bonchev–Trinajstić information content (AvgIpc) is 2.33. The van der Waals surface area contributed by atoms with Gasteiger partial charge < -0.3 is 4.74 Å². The van der Waals surface area contributed by atoms with Gasteiger partial charge in [-0.15, -0.1) is 6.58 Å². The summed E-state index contributed by atoms with van der Waals surface area (Å²) < 4.78 is 18.7. The van der Waals surface area contributed by atoms with Crippen LogP contribution in [0.25, 0.3) is 0 Å². The smallest absolute Gasteiger partial charge is 0.327 e. The normalized spacial score (nSPS) is 11.9. The molecule has 0 saturated carbocycles. The Hall–Kier alpha value is -1.39. The average molecular weight is 272 g/mol. The van der Waals surface area contributed by atoms with Crippen molar-refractivity contribution in [1.82, 2.24) is 5.32 Å². The van der Waals surface area contributed by atoms with Crippen LogP contribution in [-0.4, -0.2) is 19.1 Å². The van der Waals surface area contributed by atoms with Gasteiger partial charge in [0, 0.05) is 17.1 Å². The van der Waals surface area contributed by atoms with Crippen molar-refractivity contribution in [2.45, 2.75) is 13.0 Å². The van der Waals surface area contributed by atoms with Crippen molar-refractivity contribution in [1.29, 1.82) is 0 Å². The zero-order valence-electron chi connectivity index (χ0n) is 10.1. The molecule has 1 N–H and O–H groups in total. The zero-order valence-corrected chi connectivity index (χ0v) is 10.8. The lowest BCUT2D eigenvalue weighted by Gasteiger charge is -2.18. The Bertz CT molecular complexity index is 417. The summed E-state index contributed by atoms with van der Waals surface area (Å²) in [5, 5.41) is 3.02. The van der Waals surface area contributed by atoms with Gasteiger partial charge in [-0.25, -0.2) is 9.18 Å². The molecule has 0 amide bonds. The second-order valence-corrected chi connectivity index (χ2v) is 3.92. The van der Waals surface area contributed by atoms with E-state index in [1.54, 1.807) is 13.0 Å². The molecule has 0 fully saturated rings. The maximum atomic E-state index is 13.8. The number of halogens is 2. The van der Waals surface area contributed by atoms with Crippen LogP contribution in [0, 0.1) is 5.82 Å². The predicted octanol–water partition coefficient (Wildman–Crippen LogP) is 2.86. The monoisotopic (exact) mass is 271 g/mol. The fourth-order valence-corrected chi connectivity index (χ4v) is 1.79. The Labute approximate surface area is 111 Å². The minimum Gasteiger partial charge on any atom is -0.465 e. The molecule has 0 aromatic heterocycles. The van der Waals surface area contributed by atoms with Gasteiger partial charge in [0.05, 0.1) is 6.61 Å². The largest absolute Gasteiger partial charge is 0.465 e. The zero-order chi connectivity index (χ0) is 13.5. The summed E-state index contributed by atoms with van der Waals surface area (Å²) in [4.78, 5) is 11.8. The van der Waals surface area contributed by atoms with E-state index in [1.165, 1.54) is 18.2 Å². The van der Waals surface area contributed by atoms with Crippen LogP contribution in [-0.2, 0) is 9.53 Å². The van der Waals surface area contributed by atoms with Crippen molar-refractivity contribution in [3.63, 3.8) is 0 Å². The highest BCUT2D eigenvalue weighted by atomic mass is 35.5. The number of esters is 1. The first-order valence-corrected chi connectivity index (χ1v) is 5.94. The molecule has 0 saturated heterocycles. The predicted molar refractivity (Wildman–Crippen MR) is 69.0 cm³/mol. The molecule has 0 aliphatic rings. The van der Waals surface area contributed by atoms with E-state index < -0.39 is 17.8 Å². The molecular weight excluding hydrogens is 257 g/mol. The molecule has 0 bridgehead atoms. The third kappa shape index (κ3) is 3.55. The van der Waals surface area contributed by atoms with Crippen molar-refractivity contribution in [2.75, 3.05) is 13.2 Å². The van der Waals surface area contributed by atoms with Crippen LogP contribution in [0.2, 0.25) is 5.02 Å². The molecule has 98 valence electrons. The number of nitrogens with one attached hydrogen (secondary N) is 1. The second-order valence-electron chi connectivity index (χ2n) is 3.52. The van der Waals surface area contributed by atoms with E-state index in [4.69, 9.17) is 16.3 Å². The van der Waals surface area contributed by atoms with E-state index in [2.05, 4.69) is 11.9 Å². The SMILES string of the molecule is C=CCNC(C(=O)OCC)c1c(F)cccc1Cl. The van der Waals surface area contributed by atoms with Gasteiger partial charge in [-0.2, -0.15) is 0 Å². The van der Waals surface area contributed by atoms with Gasteiger partial charge >= 0.3 is 5.97 Å². The van der Waals surface area contributed by atoms with Crippen LogP contribution >= 0.6 is 11.6 Å². The standard InChI is InChI=1S/C13H15ClFNO2/c1-3-8-16-12(13(17)18-4-2)11-9(14)6-5-7-10(11)15/h3,5-7,12,16H,1,4,8H2,2H3. The molecule has 3 nitrogen and oxygen atoms in total. The highest BCUT2D eigenvalue weighted by molar-refractivity contribution is 6.31. The Morgan fingerprint density at radius 2 is 2.39 bits per heavy atom. The molecule has 0 heterocycles. The number of benzene rings is 1. The second kappa shape index (κ2) is 7.13. The molecular formula is C13H15ClFNO2. The third-order valence-corrected chi connectivity index (χ3v) is 2.61. The molecule has 0 spiro atoms. The number of carbonyl (C=O) groups is 1. The van der Waals surface area contributed by atoms with Crippen molar-refractivity contribution < 1.29 is 13.9 Å².